The van der Waals surface area contributed by atoms with E-state index in [9.17, 15) is 18.3 Å². The lowest BCUT2D eigenvalue weighted by Crippen LogP contribution is -2.55. The molecule has 1 aliphatic heterocycles. The van der Waals surface area contributed by atoms with Crippen molar-refractivity contribution in [2.24, 2.45) is 17.4 Å². The molecular weight excluding hydrogens is 327 g/mol. The molecule has 0 aromatic heterocycles. The van der Waals surface area contributed by atoms with E-state index < -0.39 is 34.8 Å². The summed E-state index contributed by atoms with van der Waals surface area (Å²) >= 11 is 0. The molecule has 12 heteroatoms. The van der Waals surface area contributed by atoms with E-state index in [4.69, 9.17) is 21.5 Å². The van der Waals surface area contributed by atoms with E-state index in [1.807, 2.05) is 0 Å². The van der Waals surface area contributed by atoms with Gasteiger partial charge in [0, 0.05) is 25.6 Å². The average molecular weight is 352 g/mol. The van der Waals surface area contributed by atoms with Crippen molar-refractivity contribution in [3.8, 4) is 0 Å². The van der Waals surface area contributed by atoms with Gasteiger partial charge in [0.05, 0.1) is 0 Å². The number of rotatable bonds is 10. The van der Waals surface area contributed by atoms with Crippen molar-refractivity contribution in [2.75, 3.05) is 26.2 Å². The highest BCUT2D eigenvalue weighted by atomic mass is 32.2. The van der Waals surface area contributed by atoms with Crippen molar-refractivity contribution in [1.29, 1.82) is 0 Å². The molecule has 1 rings (SSSR count). The minimum Gasteiger partial charge on any atom is -0.480 e. The zero-order valence-electron chi connectivity index (χ0n) is 12.9. The second-order valence-corrected chi connectivity index (χ2v) is 7.54. The monoisotopic (exact) mass is 352 g/mol. The minimum absolute atomic E-state index is 0.0255. The number of aliphatic carboxylic acids is 1. The number of hydrogen-bond donors (Lipinski definition) is 6. The van der Waals surface area contributed by atoms with E-state index in [0.29, 0.717) is 19.4 Å². The number of nitrogens with zero attached hydrogens (tertiary/aromatic N) is 1. The Morgan fingerprint density at radius 1 is 1.39 bits per heavy atom. The van der Waals surface area contributed by atoms with Crippen molar-refractivity contribution >= 4 is 23.3 Å². The molecule has 0 aromatic rings. The summed E-state index contributed by atoms with van der Waals surface area (Å²) < 4.78 is 27.8. The molecule has 8 N–H and O–H groups in total. The van der Waals surface area contributed by atoms with Gasteiger partial charge in [-0.15, -0.1) is 0 Å². The third kappa shape index (κ3) is 5.38. The van der Waals surface area contributed by atoms with Crippen LogP contribution < -0.4 is 16.2 Å². The Morgan fingerprint density at radius 2 is 2.04 bits per heavy atom. The standard InChI is InChI=1S/C11H25BN4O6S/c13-5-2-6-15-23(21,22)16-7-9(3-1-4-12(19)20)11(14,8-16)10(17)18/h9,15,19-20H,1-8,13-14H2,(H,17,18)/t9-,11-/m1/s1. The van der Waals surface area contributed by atoms with E-state index >= 15 is 0 Å². The normalized spacial score (nSPS) is 25.7. The van der Waals surface area contributed by atoms with E-state index in [1.165, 1.54) is 0 Å². The van der Waals surface area contributed by atoms with Gasteiger partial charge in [-0.25, -0.2) is 4.72 Å². The molecule has 0 unspecified atom stereocenters. The van der Waals surface area contributed by atoms with Crippen LogP contribution in [0.25, 0.3) is 0 Å². The summed E-state index contributed by atoms with van der Waals surface area (Å²) in [6, 6.07) is 0. The van der Waals surface area contributed by atoms with Gasteiger partial charge >= 0.3 is 13.1 Å². The highest BCUT2D eigenvalue weighted by Crippen LogP contribution is 2.31. The van der Waals surface area contributed by atoms with Gasteiger partial charge in [0.1, 0.15) is 5.54 Å². The first-order chi connectivity index (χ1) is 10.6. The zero-order valence-corrected chi connectivity index (χ0v) is 13.7. The second kappa shape index (κ2) is 8.37. The highest BCUT2D eigenvalue weighted by Gasteiger charge is 2.52. The largest absolute Gasteiger partial charge is 0.480 e. The molecule has 2 atom stereocenters. The molecule has 0 spiro atoms. The van der Waals surface area contributed by atoms with E-state index in [2.05, 4.69) is 4.72 Å². The molecule has 0 bridgehead atoms. The molecule has 0 aromatic carbocycles. The summed E-state index contributed by atoms with van der Waals surface area (Å²) in [7, 11) is -5.31. The van der Waals surface area contributed by atoms with Gasteiger partial charge in [0.25, 0.3) is 10.2 Å². The van der Waals surface area contributed by atoms with Gasteiger partial charge in [0.2, 0.25) is 0 Å². The predicted octanol–water partition coefficient (Wildman–Crippen LogP) is -2.86. The molecule has 1 aliphatic rings. The maximum Gasteiger partial charge on any atom is 0.451 e. The van der Waals surface area contributed by atoms with Crippen LogP contribution in [0, 0.1) is 5.92 Å². The first kappa shape index (κ1) is 20.3. The smallest absolute Gasteiger partial charge is 0.451 e. The van der Waals surface area contributed by atoms with Crippen LogP contribution in [0.2, 0.25) is 6.32 Å². The minimum atomic E-state index is -3.83. The van der Waals surface area contributed by atoms with Gasteiger partial charge in [-0.1, -0.05) is 6.42 Å². The lowest BCUT2D eigenvalue weighted by atomic mass is 9.78. The van der Waals surface area contributed by atoms with Crippen LogP contribution in [0.4, 0.5) is 0 Å². The Hall–Kier alpha value is -0.755. The van der Waals surface area contributed by atoms with Crippen LogP contribution >= 0.6 is 0 Å². The molecule has 0 radical (unpaired) electrons. The Morgan fingerprint density at radius 3 is 2.57 bits per heavy atom. The lowest BCUT2D eigenvalue weighted by Gasteiger charge is -2.25. The lowest BCUT2D eigenvalue weighted by molar-refractivity contribution is -0.144. The third-order valence-corrected chi connectivity index (χ3v) is 5.54. The maximum absolute atomic E-state index is 12.2. The first-order valence-corrected chi connectivity index (χ1v) is 8.90. The van der Waals surface area contributed by atoms with Gasteiger partial charge in [0.15, 0.2) is 0 Å². The Balaban J connectivity index is 2.77. The quantitative estimate of drug-likeness (QED) is 0.179. The first-order valence-electron chi connectivity index (χ1n) is 7.46. The number of hydrogen-bond acceptors (Lipinski definition) is 7. The number of carbonyl (C=O) groups is 1. The van der Waals surface area contributed by atoms with Crippen molar-refractivity contribution in [1.82, 2.24) is 9.03 Å². The molecule has 1 fully saturated rings. The fraction of sp³-hybridized carbons (Fsp3) is 0.909. The molecule has 10 nitrogen and oxygen atoms in total. The van der Waals surface area contributed by atoms with Crippen LogP contribution in [0.5, 0.6) is 0 Å². The van der Waals surface area contributed by atoms with E-state index in [0.717, 1.165) is 4.31 Å². The SMILES string of the molecule is NCCCNS(=O)(=O)N1C[C@@H](CCCB(O)O)[C@@](N)(C(=O)O)C1. The fourth-order valence-electron chi connectivity index (χ4n) is 2.61. The molecule has 134 valence electrons. The summed E-state index contributed by atoms with van der Waals surface area (Å²) in [6.45, 7) is 0.154. The van der Waals surface area contributed by atoms with Gasteiger partial charge in [-0.2, -0.15) is 12.7 Å². The number of nitrogens with two attached hydrogens (primary N) is 2. The van der Waals surface area contributed by atoms with Crippen molar-refractivity contribution in [3.63, 3.8) is 0 Å². The summed E-state index contributed by atoms with van der Waals surface area (Å²) in [5.41, 5.74) is 9.54. The Bertz CT molecular complexity index is 505. The van der Waals surface area contributed by atoms with E-state index in [-0.39, 0.29) is 32.4 Å². The maximum atomic E-state index is 12.2. The third-order valence-electron chi connectivity index (χ3n) is 4.01. The van der Waals surface area contributed by atoms with Gasteiger partial charge in [-0.3, -0.25) is 4.79 Å². The summed E-state index contributed by atoms with van der Waals surface area (Å²) in [6.07, 6.45) is 1.17. The summed E-state index contributed by atoms with van der Waals surface area (Å²) in [5, 5.41) is 27.1. The molecule has 1 saturated heterocycles. The average Bonchev–Trinajstić information content (AvgIpc) is 2.78. The number of nitrogens with one attached hydrogen (secondary N) is 1. The Kier molecular flexibility index (Phi) is 7.39. The van der Waals surface area contributed by atoms with Crippen LogP contribution in [-0.4, -0.2) is 72.7 Å². The summed E-state index contributed by atoms with van der Waals surface area (Å²) in [4.78, 5) is 11.5. The molecule has 23 heavy (non-hydrogen) atoms. The molecule has 1 heterocycles. The molecule has 0 amide bonds. The van der Waals surface area contributed by atoms with Gasteiger partial charge < -0.3 is 26.6 Å². The van der Waals surface area contributed by atoms with Crippen LogP contribution in [0.15, 0.2) is 0 Å². The second-order valence-electron chi connectivity index (χ2n) is 5.79. The van der Waals surface area contributed by atoms with Crippen molar-refractivity contribution in [3.05, 3.63) is 0 Å². The zero-order chi connectivity index (χ0) is 17.7. The highest BCUT2D eigenvalue weighted by molar-refractivity contribution is 7.87. The fourth-order valence-corrected chi connectivity index (χ4v) is 3.95. The van der Waals surface area contributed by atoms with Gasteiger partial charge in [-0.05, 0) is 25.7 Å². The van der Waals surface area contributed by atoms with Crippen LogP contribution in [-0.2, 0) is 15.0 Å². The topological polar surface area (TPSA) is 179 Å². The van der Waals surface area contributed by atoms with Crippen LogP contribution in [0.1, 0.15) is 19.3 Å². The van der Waals surface area contributed by atoms with Crippen molar-refractivity contribution in [2.45, 2.75) is 31.1 Å². The predicted molar refractivity (Wildman–Crippen MR) is 84.4 cm³/mol. The number of carboxylic acid groups (broad SMARTS) is 1. The Labute approximate surface area is 136 Å². The van der Waals surface area contributed by atoms with E-state index in [1.54, 1.807) is 0 Å². The summed E-state index contributed by atoms with van der Waals surface area (Å²) in [5.74, 6) is -1.88. The molecular formula is C11H25BN4O6S. The van der Waals surface area contributed by atoms with Crippen molar-refractivity contribution < 1.29 is 28.4 Å². The van der Waals surface area contributed by atoms with Crippen LogP contribution in [0.3, 0.4) is 0 Å². The molecule has 0 aliphatic carbocycles. The molecule has 0 saturated carbocycles. The number of carboxylic acids is 1.